The number of hydrogen-bond donors (Lipinski definition) is 0. The van der Waals surface area contributed by atoms with Crippen LogP contribution in [0.3, 0.4) is 0 Å². The Morgan fingerprint density at radius 1 is 0.313 bits per heavy atom. The molecule has 2 atom stereocenters. The molecule has 6 heteroatoms. The lowest BCUT2D eigenvalue weighted by Gasteiger charge is -2.18. The molecule has 0 aromatic heterocycles. The molecule has 0 spiro atoms. The van der Waals surface area contributed by atoms with Gasteiger partial charge >= 0.3 is 17.9 Å². The summed E-state index contributed by atoms with van der Waals surface area (Å²) >= 11 is 0. The highest BCUT2D eigenvalue weighted by atomic mass is 16.6. The molecule has 0 fully saturated rings. The molecule has 0 heterocycles. The van der Waals surface area contributed by atoms with Crippen LogP contribution in [0.5, 0.6) is 0 Å². The predicted octanol–water partition coefficient (Wildman–Crippen LogP) is 20.0. The van der Waals surface area contributed by atoms with Gasteiger partial charge in [-0.1, -0.05) is 304 Å². The molecule has 0 saturated carbocycles. The van der Waals surface area contributed by atoms with Crippen molar-refractivity contribution in [3.05, 3.63) is 0 Å². The summed E-state index contributed by atoms with van der Waals surface area (Å²) in [6.07, 6.45) is 58.0. The van der Waals surface area contributed by atoms with Crippen LogP contribution in [0.15, 0.2) is 0 Å². The average Bonchev–Trinajstić information content (AvgIpc) is 3.31. The zero-order chi connectivity index (χ0) is 48.9. The molecule has 0 aromatic rings. The Hall–Kier alpha value is -1.59. The van der Waals surface area contributed by atoms with Gasteiger partial charge in [0.05, 0.1) is 0 Å². The van der Waals surface area contributed by atoms with Crippen molar-refractivity contribution in [1.29, 1.82) is 0 Å². The van der Waals surface area contributed by atoms with Crippen molar-refractivity contribution in [2.24, 2.45) is 11.8 Å². The maximum absolute atomic E-state index is 12.9. The Balaban J connectivity index is 4.29. The third kappa shape index (κ3) is 53.6. The first-order valence-electron chi connectivity index (χ1n) is 30.3. The van der Waals surface area contributed by atoms with E-state index < -0.39 is 6.10 Å². The predicted molar refractivity (Wildman–Crippen MR) is 289 cm³/mol. The van der Waals surface area contributed by atoms with E-state index in [2.05, 4.69) is 34.6 Å². The van der Waals surface area contributed by atoms with E-state index in [-0.39, 0.29) is 31.1 Å². The fourth-order valence-corrected chi connectivity index (χ4v) is 9.37. The van der Waals surface area contributed by atoms with E-state index in [0.717, 1.165) is 69.6 Å². The lowest BCUT2D eigenvalue weighted by Crippen LogP contribution is -2.30. The Morgan fingerprint density at radius 3 is 0.851 bits per heavy atom. The molecule has 0 aliphatic rings. The molecular weight excluding hydrogens is 829 g/mol. The van der Waals surface area contributed by atoms with Gasteiger partial charge in [-0.05, 0) is 31.1 Å². The van der Waals surface area contributed by atoms with E-state index in [4.69, 9.17) is 14.2 Å². The molecule has 0 aliphatic heterocycles. The van der Waals surface area contributed by atoms with Crippen molar-refractivity contribution < 1.29 is 28.6 Å². The van der Waals surface area contributed by atoms with Crippen molar-refractivity contribution in [3.63, 3.8) is 0 Å². The van der Waals surface area contributed by atoms with Gasteiger partial charge in [-0.2, -0.15) is 0 Å². The van der Waals surface area contributed by atoms with Gasteiger partial charge < -0.3 is 14.2 Å². The zero-order valence-electron chi connectivity index (χ0n) is 46.0. The third-order valence-electron chi connectivity index (χ3n) is 14.3. The average molecular weight is 948 g/mol. The van der Waals surface area contributed by atoms with Crippen molar-refractivity contribution in [1.82, 2.24) is 0 Å². The molecule has 0 saturated heterocycles. The minimum atomic E-state index is -0.763. The Bertz CT molecular complexity index is 1030. The smallest absolute Gasteiger partial charge is 0.306 e. The van der Waals surface area contributed by atoms with Crippen LogP contribution in [-0.4, -0.2) is 37.2 Å². The molecule has 398 valence electrons. The summed E-state index contributed by atoms with van der Waals surface area (Å²) in [5.41, 5.74) is 0. The van der Waals surface area contributed by atoms with E-state index >= 15 is 0 Å². The van der Waals surface area contributed by atoms with Crippen LogP contribution in [0.2, 0.25) is 0 Å². The Morgan fingerprint density at radius 2 is 0.567 bits per heavy atom. The minimum absolute atomic E-state index is 0.0626. The molecule has 0 amide bonds. The first-order valence-corrected chi connectivity index (χ1v) is 30.3. The van der Waals surface area contributed by atoms with Crippen LogP contribution >= 0.6 is 0 Å². The van der Waals surface area contributed by atoms with Gasteiger partial charge in [0.2, 0.25) is 0 Å². The van der Waals surface area contributed by atoms with Gasteiger partial charge in [0, 0.05) is 19.3 Å². The topological polar surface area (TPSA) is 78.9 Å². The van der Waals surface area contributed by atoms with E-state index in [1.165, 1.54) is 231 Å². The van der Waals surface area contributed by atoms with Crippen LogP contribution in [0.4, 0.5) is 0 Å². The first kappa shape index (κ1) is 65.4. The van der Waals surface area contributed by atoms with Crippen LogP contribution in [-0.2, 0) is 28.6 Å². The number of carbonyl (C=O) groups excluding carboxylic acids is 3. The summed E-state index contributed by atoms with van der Waals surface area (Å²) < 4.78 is 16.9. The summed E-state index contributed by atoms with van der Waals surface area (Å²) in [4.78, 5) is 38.2. The van der Waals surface area contributed by atoms with Crippen LogP contribution in [0, 0.1) is 11.8 Å². The van der Waals surface area contributed by atoms with Gasteiger partial charge in [0.15, 0.2) is 6.10 Å². The second kappa shape index (κ2) is 53.8. The van der Waals surface area contributed by atoms with Gasteiger partial charge in [0.25, 0.3) is 0 Å². The molecular formula is C61H118O6. The van der Waals surface area contributed by atoms with Gasteiger partial charge in [-0.25, -0.2) is 0 Å². The Labute approximate surface area is 418 Å². The first-order chi connectivity index (χ1) is 32.8. The molecule has 0 aromatic carbocycles. The van der Waals surface area contributed by atoms with Crippen molar-refractivity contribution in [2.45, 2.75) is 349 Å². The Kier molecular flexibility index (Phi) is 52.5. The second-order valence-electron chi connectivity index (χ2n) is 21.7. The van der Waals surface area contributed by atoms with E-state index in [1.54, 1.807) is 0 Å². The summed E-state index contributed by atoms with van der Waals surface area (Å²) in [6, 6.07) is 0. The SMILES string of the molecule is CCCCCCCCCCCCCCCCCCCCCC(=O)O[C@H](COC(=O)CCCCCCCCCCCCCCCC(C)C)COC(=O)CCCCCCCCCCCCC(C)CC. The van der Waals surface area contributed by atoms with Gasteiger partial charge in [-0.15, -0.1) is 0 Å². The minimum Gasteiger partial charge on any atom is -0.462 e. The molecule has 67 heavy (non-hydrogen) atoms. The highest BCUT2D eigenvalue weighted by Gasteiger charge is 2.19. The fraction of sp³-hybridized carbons (Fsp3) is 0.951. The van der Waals surface area contributed by atoms with E-state index in [0.29, 0.717) is 19.3 Å². The van der Waals surface area contributed by atoms with Gasteiger partial charge in [0.1, 0.15) is 13.2 Å². The summed E-state index contributed by atoms with van der Waals surface area (Å²) in [5, 5.41) is 0. The molecule has 0 aliphatic carbocycles. The van der Waals surface area contributed by atoms with Gasteiger partial charge in [-0.3, -0.25) is 14.4 Å². The maximum atomic E-state index is 12.9. The van der Waals surface area contributed by atoms with E-state index in [9.17, 15) is 14.4 Å². The number of hydrogen-bond acceptors (Lipinski definition) is 6. The fourth-order valence-electron chi connectivity index (χ4n) is 9.37. The highest BCUT2D eigenvalue weighted by molar-refractivity contribution is 5.71. The van der Waals surface area contributed by atoms with Crippen LogP contribution < -0.4 is 0 Å². The zero-order valence-corrected chi connectivity index (χ0v) is 46.0. The number of carbonyl (C=O) groups is 3. The van der Waals surface area contributed by atoms with E-state index in [1.807, 2.05) is 0 Å². The number of ether oxygens (including phenoxy) is 3. The van der Waals surface area contributed by atoms with Crippen molar-refractivity contribution in [3.8, 4) is 0 Å². The van der Waals surface area contributed by atoms with Crippen molar-refractivity contribution in [2.75, 3.05) is 13.2 Å². The summed E-state index contributed by atoms with van der Waals surface area (Å²) in [5.74, 6) is 0.872. The molecule has 6 nitrogen and oxygen atoms in total. The second-order valence-corrected chi connectivity index (χ2v) is 21.7. The third-order valence-corrected chi connectivity index (χ3v) is 14.3. The lowest BCUT2D eigenvalue weighted by atomic mass is 9.99. The summed E-state index contributed by atoms with van der Waals surface area (Å²) in [7, 11) is 0. The van der Waals surface area contributed by atoms with Crippen molar-refractivity contribution >= 4 is 17.9 Å². The number of rotatable bonds is 55. The van der Waals surface area contributed by atoms with Crippen LogP contribution in [0.1, 0.15) is 343 Å². The highest BCUT2D eigenvalue weighted by Crippen LogP contribution is 2.19. The molecule has 0 radical (unpaired) electrons. The quantitative estimate of drug-likeness (QED) is 0.0343. The molecule has 0 N–H and O–H groups in total. The summed E-state index contributed by atoms with van der Waals surface area (Å²) in [6.45, 7) is 11.4. The lowest BCUT2D eigenvalue weighted by molar-refractivity contribution is -0.167. The monoisotopic (exact) mass is 947 g/mol. The maximum Gasteiger partial charge on any atom is 0.306 e. The molecule has 0 bridgehead atoms. The molecule has 1 unspecified atom stereocenters. The number of esters is 3. The molecule has 0 rings (SSSR count). The normalized spacial score (nSPS) is 12.4. The largest absolute Gasteiger partial charge is 0.462 e. The number of unbranched alkanes of at least 4 members (excludes halogenated alkanes) is 39. The standard InChI is InChI=1S/C61H118O6/c1-6-8-9-10-11-12-13-14-15-16-17-18-19-22-26-33-38-43-48-53-61(64)67-58(55-66-60(63)52-47-42-37-32-28-27-30-35-40-45-50-57(5)7-2)54-65-59(62)51-46-41-36-31-25-23-20-21-24-29-34-39-44-49-56(3)4/h56-58H,6-55H2,1-5H3/t57?,58-/m1/s1. The van der Waals surface area contributed by atoms with Crippen LogP contribution in [0.25, 0.3) is 0 Å².